The van der Waals surface area contributed by atoms with Crippen molar-refractivity contribution in [2.24, 2.45) is 5.92 Å². The highest BCUT2D eigenvalue weighted by Gasteiger charge is 2.30. The van der Waals surface area contributed by atoms with Crippen LogP contribution in [0.2, 0.25) is 0 Å². The first-order valence-electron chi connectivity index (χ1n) is 12.0. The number of hydrogen-bond acceptors (Lipinski definition) is 8. The molecule has 1 amide bonds. The molecule has 0 unspecified atom stereocenters. The lowest BCUT2D eigenvalue weighted by Gasteiger charge is -2.33. The van der Waals surface area contributed by atoms with Crippen LogP contribution in [0.3, 0.4) is 0 Å². The number of methoxy groups -OCH3 is 2. The number of carbonyl (C=O) groups excluding carboxylic acids is 2. The number of piperidine rings is 1. The number of amides is 1. The Labute approximate surface area is 215 Å². The number of aromatic nitrogens is 1. The maximum atomic E-state index is 13.4. The maximum absolute atomic E-state index is 13.4. The van der Waals surface area contributed by atoms with E-state index < -0.39 is 0 Å². The molecule has 0 saturated carbocycles. The number of rotatable bonds is 9. The third-order valence-electron chi connectivity index (χ3n) is 6.25. The van der Waals surface area contributed by atoms with Gasteiger partial charge in [-0.3, -0.25) is 9.59 Å². The molecule has 3 aromatic rings. The summed E-state index contributed by atoms with van der Waals surface area (Å²) in [5.74, 6) is 1.10. The van der Waals surface area contributed by atoms with Gasteiger partial charge in [-0.25, -0.2) is 4.98 Å². The van der Waals surface area contributed by atoms with E-state index in [0.717, 1.165) is 22.7 Å². The Bertz CT molecular complexity index is 1170. The molecule has 8 nitrogen and oxygen atoms in total. The topological polar surface area (TPSA) is 81.2 Å². The van der Waals surface area contributed by atoms with Gasteiger partial charge in [0.2, 0.25) is 5.91 Å². The van der Waals surface area contributed by atoms with Crippen molar-refractivity contribution in [1.82, 2.24) is 9.88 Å². The van der Waals surface area contributed by atoms with Crippen molar-refractivity contribution in [3.8, 4) is 22.8 Å². The summed E-state index contributed by atoms with van der Waals surface area (Å²) in [5, 5.41) is 2.68. The standard InChI is InChI=1S/C27H31N3O5S/c1-4-35-26(32)20-13-15-29(16-14-20)25(31)17-30(23-7-5-6-8-24(23)34-3)27-28-22(18-36-27)19-9-11-21(33-2)12-10-19/h5-12,18,20H,4,13-17H2,1-3H3. The lowest BCUT2D eigenvalue weighted by atomic mass is 9.97. The van der Waals surface area contributed by atoms with E-state index in [4.69, 9.17) is 19.2 Å². The summed E-state index contributed by atoms with van der Waals surface area (Å²) in [6.07, 6.45) is 1.22. The van der Waals surface area contributed by atoms with E-state index in [1.165, 1.54) is 11.3 Å². The van der Waals surface area contributed by atoms with Gasteiger partial charge in [-0.1, -0.05) is 12.1 Å². The van der Waals surface area contributed by atoms with Crippen LogP contribution in [0.25, 0.3) is 11.3 Å². The van der Waals surface area contributed by atoms with Gasteiger partial charge < -0.3 is 24.0 Å². The van der Waals surface area contributed by atoms with E-state index in [9.17, 15) is 9.59 Å². The van der Waals surface area contributed by atoms with Gasteiger partial charge >= 0.3 is 5.97 Å². The van der Waals surface area contributed by atoms with Crippen LogP contribution < -0.4 is 14.4 Å². The monoisotopic (exact) mass is 509 g/mol. The lowest BCUT2D eigenvalue weighted by Crippen LogP contribution is -2.44. The SMILES string of the molecule is CCOC(=O)C1CCN(C(=O)CN(c2nc(-c3ccc(OC)cc3)cs2)c2ccccc2OC)CC1. The first kappa shape index (κ1) is 25.5. The Morgan fingerprint density at radius 2 is 1.78 bits per heavy atom. The van der Waals surface area contributed by atoms with E-state index >= 15 is 0 Å². The quantitative estimate of drug-likeness (QED) is 0.385. The summed E-state index contributed by atoms with van der Waals surface area (Å²) in [4.78, 5) is 34.1. The number of likely N-dealkylation sites (tertiary alicyclic amines) is 1. The zero-order valence-electron chi connectivity index (χ0n) is 20.8. The Kier molecular flexibility index (Phi) is 8.43. The van der Waals surface area contributed by atoms with Crippen LogP contribution >= 0.6 is 11.3 Å². The molecule has 0 atom stereocenters. The van der Waals surface area contributed by atoms with Crippen LogP contribution in [0.1, 0.15) is 19.8 Å². The number of esters is 1. The maximum Gasteiger partial charge on any atom is 0.309 e. The molecule has 36 heavy (non-hydrogen) atoms. The van der Waals surface area contributed by atoms with E-state index in [-0.39, 0.29) is 24.3 Å². The predicted molar refractivity (Wildman–Crippen MR) is 140 cm³/mol. The van der Waals surface area contributed by atoms with E-state index in [1.807, 2.05) is 70.6 Å². The van der Waals surface area contributed by atoms with Crippen molar-refractivity contribution in [1.29, 1.82) is 0 Å². The Morgan fingerprint density at radius 3 is 2.44 bits per heavy atom. The normalized spacial score (nSPS) is 13.8. The van der Waals surface area contributed by atoms with Gasteiger partial charge in [0, 0.05) is 24.0 Å². The second-order valence-electron chi connectivity index (χ2n) is 8.41. The molecule has 1 aliphatic heterocycles. The van der Waals surface area contributed by atoms with Crippen LogP contribution in [0.4, 0.5) is 10.8 Å². The summed E-state index contributed by atoms with van der Waals surface area (Å²) >= 11 is 1.47. The van der Waals surface area contributed by atoms with Crippen molar-refractivity contribution in [2.75, 3.05) is 45.4 Å². The molecule has 2 heterocycles. The van der Waals surface area contributed by atoms with Crippen LogP contribution in [0, 0.1) is 5.92 Å². The van der Waals surface area contributed by atoms with Gasteiger partial charge in [0.05, 0.1) is 38.1 Å². The minimum atomic E-state index is -0.172. The number of anilines is 2. The van der Waals surface area contributed by atoms with Crippen molar-refractivity contribution in [2.45, 2.75) is 19.8 Å². The molecular weight excluding hydrogens is 478 g/mol. The first-order chi connectivity index (χ1) is 17.5. The van der Waals surface area contributed by atoms with Gasteiger partial charge in [-0.05, 0) is 56.2 Å². The average molecular weight is 510 g/mol. The minimum absolute atomic E-state index is 0.0237. The number of para-hydroxylation sites is 2. The number of thiazole rings is 1. The molecule has 0 bridgehead atoms. The van der Waals surface area contributed by atoms with Crippen molar-refractivity contribution in [3.05, 3.63) is 53.9 Å². The Morgan fingerprint density at radius 1 is 1.06 bits per heavy atom. The van der Waals surface area contributed by atoms with Crippen LogP contribution in [0.5, 0.6) is 11.5 Å². The van der Waals surface area contributed by atoms with Crippen LogP contribution in [-0.4, -0.2) is 62.2 Å². The highest BCUT2D eigenvalue weighted by Crippen LogP contribution is 2.37. The van der Waals surface area contributed by atoms with Crippen molar-refractivity contribution in [3.63, 3.8) is 0 Å². The molecule has 2 aromatic carbocycles. The fourth-order valence-corrected chi connectivity index (χ4v) is 5.10. The second kappa shape index (κ2) is 11.9. The third kappa shape index (κ3) is 5.79. The number of nitrogens with zero attached hydrogens (tertiary/aromatic N) is 3. The summed E-state index contributed by atoms with van der Waals surface area (Å²) in [6, 6.07) is 15.3. The molecule has 9 heteroatoms. The van der Waals surface area contributed by atoms with Crippen LogP contribution in [-0.2, 0) is 14.3 Å². The smallest absolute Gasteiger partial charge is 0.309 e. The minimum Gasteiger partial charge on any atom is -0.497 e. The highest BCUT2D eigenvalue weighted by molar-refractivity contribution is 7.14. The predicted octanol–water partition coefficient (Wildman–Crippen LogP) is 4.77. The average Bonchev–Trinajstić information content (AvgIpc) is 3.42. The molecule has 0 radical (unpaired) electrons. The zero-order chi connectivity index (χ0) is 25.5. The number of benzene rings is 2. The summed E-state index contributed by atoms with van der Waals surface area (Å²) < 4.78 is 16.0. The highest BCUT2D eigenvalue weighted by atomic mass is 32.1. The molecular formula is C27H31N3O5S. The molecule has 1 saturated heterocycles. The summed E-state index contributed by atoms with van der Waals surface area (Å²) in [5.41, 5.74) is 2.55. The second-order valence-corrected chi connectivity index (χ2v) is 9.25. The molecule has 1 fully saturated rings. The van der Waals surface area contributed by atoms with E-state index in [2.05, 4.69) is 0 Å². The van der Waals surface area contributed by atoms with Crippen LogP contribution in [0.15, 0.2) is 53.9 Å². The molecule has 190 valence electrons. The van der Waals surface area contributed by atoms with Gasteiger partial charge in [0.25, 0.3) is 0 Å². The molecule has 4 rings (SSSR count). The fraction of sp³-hybridized carbons (Fsp3) is 0.370. The van der Waals surface area contributed by atoms with Gasteiger partial charge in [-0.2, -0.15) is 0 Å². The first-order valence-corrected chi connectivity index (χ1v) is 12.9. The number of hydrogen-bond donors (Lipinski definition) is 0. The number of carbonyl (C=O) groups is 2. The van der Waals surface area contributed by atoms with Crippen molar-refractivity contribution >= 4 is 34.0 Å². The summed E-state index contributed by atoms with van der Waals surface area (Å²) in [6.45, 7) is 3.34. The Hall–Kier alpha value is -3.59. The lowest BCUT2D eigenvalue weighted by molar-refractivity contribution is -0.151. The van der Waals surface area contributed by atoms with Crippen molar-refractivity contribution < 1.29 is 23.8 Å². The number of ether oxygens (including phenoxy) is 3. The molecule has 1 aromatic heterocycles. The summed E-state index contributed by atoms with van der Waals surface area (Å²) in [7, 11) is 3.25. The molecule has 0 spiro atoms. The zero-order valence-corrected chi connectivity index (χ0v) is 21.6. The largest absolute Gasteiger partial charge is 0.497 e. The van der Waals surface area contributed by atoms with Gasteiger partial charge in [-0.15, -0.1) is 11.3 Å². The Balaban J connectivity index is 1.55. The molecule has 1 aliphatic rings. The third-order valence-corrected chi connectivity index (χ3v) is 7.11. The van der Waals surface area contributed by atoms with E-state index in [0.29, 0.717) is 43.4 Å². The molecule has 0 N–H and O–H groups in total. The fourth-order valence-electron chi connectivity index (χ4n) is 4.25. The van der Waals surface area contributed by atoms with E-state index in [1.54, 1.807) is 14.2 Å². The molecule has 0 aliphatic carbocycles. The van der Waals surface area contributed by atoms with Gasteiger partial charge in [0.15, 0.2) is 5.13 Å². The van der Waals surface area contributed by atoms with Gasteiger partial charge in [0.1, 0.15) is 18.0 Å².